The van der Waals surface area contributed by atoms with Crippen LogP contribution in [0.5, 0.6) is 0 Å². The fraction of sp³-hybridized carbons (Fsp3) is 0.176. The summed E-state index contributed by atoms with van der Waals surface area (Å²) in [6.07, 6.45) is 0.429. The highest BCUT2D eigenvalue weighted by atomic mass is 19.1. The van der Waals surface area contributed by atoms with Gasteiger partial charge in [0.15, 0.2) is 5.78 Å². The Bertz CT molecular complexity index is 665. The second-order valence-electron chi connectivity index (χ2n) is 4.73. The van der Waals surface area contributed by atoms with Gasteiger partial charge in [-0.25, -0.2) is 4.39 Å². The van der Waals surface area contributed by atoms with E-state index in [2.05, 4.69) is 0 Å². The van der Waals surface area contributed by atoms with Gasteiger partial charge in [0, 0.05) is 18.4 Å². The van der Waals surface area contributed by atoms with E-state index in [1.165, 1.54) is 12.1 Å². The number of aliphatic carboxylic acids is 1. The van der Waals surface area contributed by atoms with Crippen molar-refractivity contribution in [2.45, 2.75) is 19.3 Å². The van der Waals surface area contributed by atoms with Crippen molar-refractivity contribution in [3.8, 4) is 11.1 Å². The number of carbonyl (C=O) groups excluding carboxylic acids is 1. The Balaban J connectivity index is 2.24. The molecule has 108 valence electrons. The second kappa shape index (κ2) is 6.79. The van der Waals surface area contributed by atoms with Crippen molar-refractivity contribution in [3.63, 3.8) is 0 Å². The van der Waals surface area contributed by atoms with Gasteiger partial charge in [0.2, 0.25) is 0 Å². The van der Waals surface area contributed by atoms with Crippen molar-refractivity contribution in [1.29, 1.82) is 0 Å². The van der Waals surface area contributed by atoms with E-state index in [1.54, 1.807) is 36.4 Å². The first-order valence-corrected chi connectivity index (χ1v) is 6.68. The van der Waals surface area contributed by atoms with Crippen molar-refractivity contribution in [1.82, 2.24) is 0 Å². The molecule has 0 spiro atoms. The first-order valence-electron chi connectivity index (χ1n) is 6.68. The van der Waals surface area contributed by atoms with Gasteiger partial charge in [-0.1, -0.05) is 36.4 Å². The fourth-order valence-electron chi connectivity index (χ4n) is 2.17. The summed E-state index contributed by atoms with van der Waals surface area (Å²) in [6, 6.07) is 13.0. The number of hydrogen-bond donors (Lipinski definition) is 1. The molecule has 3 nitrogen and oxygen atoms in total. The minimum absolute atomic E-state index is 0.0339. The van der Waals surface area contributed by atoms with Gasteiger partial charge in [0.25, 0.3) is 0 Å². The lowest BCUT2D eigenvalue weighted by atomic mass is 9.95. The lowest BCUT2D eigenvalue weighted by Crippen LogP contribution is -2.03. The highest BCUT2D eigenvalue weighted by Crippen LogP contribution is 2.25. The van der Waals surface area contributed by atoms with Crippen LogP contribution < -0.4 is 0 Å². The topological polar surface area (TPSA) is 54.4 Å². The predicted octanol–water partition coefficient (Wildman–Crippen LogP) is 3.93. The molecule has 0 heterocycles. The van der Waals surface area contributed by atoms with Crippen LogP contribution in [0.1, 0.15) is 29.6 Å². The van der Waals surface area contributed by atoms with Crippen LogP contribution in [-0.2, 0) is 4.79 Å². The Morgan fingerprint density at radius 3 is 2.48 bits per heavy atom. The number of carboxylic acid groups (broad SMARTS) is 1. The smallest absolute Gasteiger partial charge is 0.303 e. The third-order valence-electron chi connectivity index (χ3n) is 3.16. The number of carbonyl (C=O) groups is 2. The highest BCUT2D eigenvalue weighted by Gasteiger charge is 2.13. The molecule has 0 aliphatic carbocycles. The minimum atomic E-state index is -0.916. The molecule has 0 fully saturated rings. The number of rotatable bonds is 6. The maximum absolute atomic E-state index is 13.3. The van der Waals surface area contributed by atoms with E-state index in [9.17, 15) is 14.0 Å². The van der Waals surface area contributed by atoms with Crippen molar-refractivity contribution in [2.24, 2.45) is 0 Å². The number of hydrogen-bond acceptors (Lipinski definition) is 2. The van der Waals surface area contributed by atoms with Gasteiger partial charge >= 0.3 is 5.97 Å². The average Bonchev–Trinajstić information content (AvgIpc) is 2.47. The third kappa shape index (κ3) is 3.99. The summed E-state index contributed by atoms with van der Waals surface area (Å²) in [7, 11) is 0. The molecule has 2 aromatic rings. The number of benzene rings is 2. The zero-order valence-corrected chi connectivity index (χ0v) is 11.4. The molecule has 0 aliphatic heterocycles. The van der Waals surface area contributed by atoms with Crippen LogP contribution in [0.4, 0.5) is 4.39 Å². The van der Waals surface area contributed by atoms with Crippen LogP contribution in [0.15, 0.2) is 48.5 Å². The number of Topliss-reactive ketones (excluding diaryl/α,β-unsaturated/α-hetero) is 1. The molecule has 2 aromatic carbocycles. The molecule has 0 unspecified atom stereocenters. The van der Waals surface area contributed by atoms with Crippen LogP contribution in [-0.4, -0.2) is 16.9 Å². The lowest BCUT2D eigenvalue weighted by molar-refractivity contribution is -0.137. The largest absolute Gasteiger partial charge is 0.481 e. The summed E-state index contributed by atoms with van der Waals surface area (Å²) < 4.78 is 13.3. The Hall–Kier alpha value is -2.49. The molecule has 0 amide bonds. The summed E-state index contributed by atoms with van der Waals surface area (Å²) in [5, 5.41) is 8.61. The van der Waals surface area contributed by atoms with Crippen LogP contribution in [0.2, 0.25) is 0 Å². The molecule has 0 saturated carbocycles. The minimum Gasteiger partial charge on any atom is -0.481 e. The van der Waals surface area contributed by atoms with Gasteiger partial charge < -0.3 is 5.11 Å². The molecule has 2 rings (SSSR count). The van der Waals surface area contributed by atoms with Crippen molar-refractivity contribution >= 4 is 11.8 Å². The van der Waals surface area contributed by atoms with Gasteiger partial charge in [0.1, 0.15) is 5.82 Å². The van der Waals surface area contributed by atoms with Gasteiger partial charge in [-0.15, -0.1) is 0 Å². The van der Waals surface area contributed by atoms with Crippen LogP contribution in [0.25, 0.3) is 11.1 Å². The molecular weight excluding hydrogens is 271 g/mol. The van der Waals surface area contributed by atoms with Gasteiger partial charge in [-0.2, -0.15) is 0 Å². The molecular formula is C17H15FO3. The van der Waals surface area contributed by atoms with E-state index in [0.29, 0.717) is 23.1 Å². The first-order chi connectivity index (χ1) is 10.1. The van der Waals surface area contributed by atoms with Gasteiger partial charge in [-0.3, -0.25) is 9.59 Å². The monoisotopic (exact) mass is 286 g/mol. The molecule has 21 heavy (non-hydrogen) atoms. The van der Waals surface area contributed by atoms with E-state index in [-0.39, 0.29) is 24.4 Å². The molecule has 0 saturated heterocycles. The Labute approximate surface area is 122 Å². The average molecular weight is 286 g/mol. The van der Waals surface area contributed by atoms with Crippen LogP contribution in [0.3, 0.4) is 0 Å². The van der Waals surface area contributed by atoms with Crippen molar-refractivity contribution in [3.05, 3.63) is 59.9 Å². The molecule has 0 aliphatic rings. The number of halogens is 1. The molecule has 0 bridgehead atoms. The van der Waals surface area contributed by atoms with Gasteiger partial charge in [0.05, 0.1) is 0 Å². The summed E-state index contributed by atoms with van der Waals surface area (Å²) in [4.78, 5) is 22.7. The number of carboxylic acids is 1. The Morgan fingerprint density at radius 1 is 1.00 bits per heavy atom. The quantitative estimate of drug-likeness (QED) is 0.818. The maximum Gasteiger partial charge on any atom is 0.303 e. The zero-order chi connectivity index (χ0) is 15.2. The molecule has 0 aromatic heterocycles. The van der Waals surface area contributed by atoms with Gasteiger partial charge in [-0.05, 0) is 29.7 Å². The normalized spacial score (nSPS) is 10.3. The number of ketones is 1. The van der Waals surface area contributed by atoms with E-state index >= 15 is 0 Å². The lowest BCUT2D eigenvalue weighted by Gasteiger charge is -2.09. The van der Waals surface area contributed by atoms with E-state index in [0.717, 1.165) is 0 Å². The van der Waals surface area contributed by atoms with E-state index in [4.69, 9.17) is 5.11 Å². The van der Waals surface area contributed by atoms with E-state index < -0.39 is 5.97 Å². The van der Waals surface area contributed by atoms with E-state index in [1.807, 2.05) is 0 Å². The van der Waals surface area contributed by atoms with Crippen molar-refractivity contribution < 1.29 is 19.1 Å². The summed E-state index contributed by atoms with van der Waals surface area (Å²) in [6.45, 7) is 0. The Kier molecular flexibility index (Phi) is 4.82. The van der Waals surface area contributed by atoms with Crippen LogP contribution >= 0.6 is 0 Å². The maximum atomic E-state index is 13.3. The fourth-order valence-corrected chi connectivity index (χ4v) is 2.17. The molecule has 0 atom stereocenters. The second-order valence-corrected chi connectivity index (χ2v) is 4.73. The first kappa shape index (κ1) is 14.9. The molecule has 4 heteroatoms. The van der Waals surface area contributed by atoms with Crippen molar-refractivity contribution in [2.75, 3.05) is 0 Å². The molecule has 0 radical (unpaired) electrons. The third-order valence-corrected chi connectivity index (χ3v) is 3.16. The van der Waals surface area contributed by atoms with Crippen LogP contribution in [0, 0.1) is 5.82 Å². The Morgan fingerprint density at radius 2 is 1.76 bits per heavy atom. The zero-order valence-electron chi connectivity index (χ0n) is 11.4. The summed E-state index contributed by atoms with van der Waals surface area (Å²) in [5.74, 6) is -1.40. The summed E-state index contributed by atoms with van der Waals surface area (Å²) >= 11 is 0. The highest BCUT2D eigenvalue weighted by molar-refractivity contribution is 6.02. The predicted molar refractivity (Wildman–Crippen MR) is 77.7 cm³/mol. The SMILES string of the molecule is O=C(O)CCCC(=O)c1ccccc1-c1cccc(F)c1. The molecule has 1 N–H and O–H groups in total. The standard InChI is InChI=1S/C17H15FO3/c18-13-6-3-5-12(11-13)14-7-1-2-8-15(14)16(19)9-4-10-17(20)21/h1-3,5-8,11H,4,9-10H2,(H,20,21). The summed E-state index contributed by atoms with van der Waals surface area (Å²) in [5.41, 5.74) is 1.79.